The smallest absolute Gasteiger partial charge is 0.316 e. The summed E-state index contributed by atoms with van der Waals surface area (Å²) in [6.45, 7) is 3.24. The van der Waals surface area contributed by atoms with E-state index in [4.69, 9.17) is 21.1 Å². The van der Waals surface area contributed by atoms with E-state index in [0.29, 0.717) is 17.5 Å². The molecule has 1 N–H and O–H groups in total. The highest BCUT2D eigenvalue weighted by Gasteiger charge is 2.15. The van der Waals surface area contributed by atoms with Crippen LogP contribution in [-0.4, -0.2) is 23.3 Å². The molecule has 4 rings (SSSR count). The zero-order valence-corrected chi connectivity index (χ0v) is 17.1. The number of aryl methyl sites for hydroxylation is 2. The van der Waals surface area contributed by atoms with E-state index in [1.165, 1.54) is 7.11 Å². The lowest BCUT2D eigenvalue weighted by Gasteiger charge is -2.21. The molecular weight excluding hydrogens is 390 g/mol. The molecule has 2 aromatic carbocycles. The maximum absolute atomic E-state index is 12.3. The summed E-state index contributed by atoms with van der Waals surface area (Å²) in [5, 5.41) is 3.98. The minimum atomic E-state index is -0.420. The van der Waals surface area contributed by atoms with Crippen molar-refractivity contribution in [1.82, 2.24) is 9.55 Å². The van der Waals surface area contributed by atoms with Gasteiger partial charge in [-0.15, -0.1) is 0 Å². The first-order valence-corrected chi connectivity index (χ1v) is 9.84. The Labute approximate surface area is 174 Å². The van der Waals surface area contributed by atoms with Gasteiger partial charge in [-0.1, -0.05) is 23.7 Å². The van der Waals surface area contributed by atoms with Crippen LogP contribution < -0.4 is 20.3 Å². The zero-order chi connectivity index (χ0) is 20.4. The number of methoxy groups -OCH3 is 1. The van der Waals surface area contributed by atoms with Crippen LogP contribution in [0.2, 0.25) is 5.02 Å². The number of fused-ring (bicyclic) bond motifs is 1. The van der Waals surface area contributed by atoms with Crippen LogP contribution >= 0.6 is 11.6 Å². The molecule has 0 atom stereocenters. The molecule has 0 amide bonds. The van der Waals surface area contributed by atoms with Crippen molar-refractivity contribution in [2.24, 2.45) is 0 Å². The first-order valence-electron chi connectivity index (χ1n) is 9.47. The van der Waals surface area contributed by atoms with Crippen molar-refractivity contribution in [2.75, 3.05) is 19.0 Å². The Morgan fingerprint density at radius 3 is 2.97 bits per heavy atom. The number of halogens is 1. The van der Waals surface area contributed by atoms with E-state index < -0.39 is 5.56 Å². The van der Waals surface area contributed by atoms with Gasteiger partial charge in [-0.05, 0) is 60.7 Å². The van der Waals surface area contributed by atoms with Crippen molar-refractivity contribution < 1.29 is 9.47 Å². The van der Waals surface area contributed by atoms with Crippen molar-refractivity contribution in [3.05, 3.63) is 74.7 Å². The van der Waals surface area contributed by atoms with Gasteiger partial charge in [0.2, 0.25) is 11.7 Å². The third kappa shape index (κ3) is 4.22. The van der Waals surface area contributed by atoms with E-state index >= 15 is 0 Å². The molecule has 0 spiro atoms. The highest BCUT2D eigenvalue weighted by atomic mass is 35.5. The topological polar surface area (TPSA) is 65.4 Å². The van der Waals surface area contributed by atoms with Crippen LogP contribution in [0.5, 0.6) is 11.5 Å². The van der Waals surface area contributed by atoms with Crippen molar-refractivity contribution in [2.45, 2.75) is 26.3 Å². The first kappa shape index (κ1) is 19.3. The van der Waals surface area contributed by atoms with Crippen molar-refractivity contribution in [3.63, 3.8) is 0 Å². The van der Waals surface area contributed by atoms with Crippen LogP contribution in [0.3, 0.4) is 0 Å². The maximum Gasteiger partial charge on any atom is 0.316 e. The Morgan fingerprint density at radius 1 is 1.31 bits per heavy atom. The number of hydrogen-bond acceptors (Lipinski definition) is 5. The van der Waals surface area contributed by atoms with Crippen LogP contribution in [-0.2, 0) is 13.0 Å². The largest absolute Gasteiger partial charge is 0.493 e. The van der Waals surface area contributed by atoms with E-state index in [-0.39, 0.29) is 5.75 Å². The van der Waals surface area contributed by atoms with Crippen LogP contribution in [0.1, 0.15) is 23.1 Å². The molecule has 29 heavy (non-hydrogen) atoms. The first-order chi connectivity index (χ1) is 14.0. The molecule has 0 radical (unpaired) electrons. The summed E-state index contributed by atoms with van der Waals surface area (Å²) in [6, 6.07) is 11.7. The van der Waals surface area contributed by atoms with Gasteiger partial charge in [-0.3, -0.25) is 4.79 Å². The van der Waals surface area contributed by atoms with Gasteiger partial charge in [-0.25, -0.2) is 0 Å². The molecule has 0 bridgehead atoms. The summed E-state index contributed by atoms with van der Waals surface area (Å²) in [5.74, 6) is 1.56. The highest BCUT2D eigenvalue weighted by Crippen LogP contribution is 2.32. The van der Waals surface area contributed by atoms with E-state index in [9.17, 15) is 4.79 Å². The lowest BCUT2D eigenvalue weighted by atomic mass is 10.0. The molecule has 1 aliphatic rings. The summed E-state index contributed by atoms with van der Waals surface area (Å²) < 4.78 is 12.8. The van der Waals surface area contributed by atoms with Gasteiger partial charge in [0.15, 0.2) is 0 Å². The van der Waals surface area contributed by atoms with Gasteiger partial charge in [-0.2, -0.15) is 4.98 Å². The molecule has 7 heteroatoms. The number of hydrogen-bond donors (Lipinski definition) is 1. The molecule has 6 nitrogen and oxygen atoms in total. The molecule has 0 saturated carbocycles. The molecule has 3 aromatic rings. The molecule has 0 fully saturated rings. The lowest BCUT2D eigenvalue weighted by molar-refractivity contribution is 0.288. The number of anilines is 2. The molecular formula is C22H22ClN3O3. The third-order valence-corrected chi connectivity index (χ3v) is 5.16. The average molecular weight is 412 g/mol. The number of aromatic nitrogens is 2. The zero-order valence-electron chi connectivity index (χ0n) is 16.4. The summed E-state index contributed by atoms with van der Waals surface area (Å²) >= 11 is 6.13. The molecule has 150 valence electrons. The Hall–Kier alpha value is -2.99. The molecule has 0 aliphatic carbocycles. The SMILES string of the molecule is COc1cn(Cc2cccc(Cl)c2)c(Nc2cc3c(cc2C)OCCC3)nc1=O. The Bertz CT molecular complexity index is 1110. The number of nitrogens with one attached hydrogen (secondary N) is 1. The summed E-state index contributed by atoms with van der Waals surface area (Å²) in [4.78, 5) is 16.5. The second kappa shape index (κ2) is 8.17. The molecule has 0 unspecified atom stereocenters. The standard InChI is InChI=1S/C22H22ClN3O3/c1-14-9-19-16(6-4-8-29-19)11-18(14)24-22-25-21(27)20(28-2)13-26(22)12-15-5-3-7-17(23)10-15/h3,5,7,9-11,13H,4,6,8,12H2,1-2H3,(H,24,25,27). The monoisotopic (exact) mass is 411 g/mol. The minimum absolute atomic E-state index is 0.188. The van der Waals surface area contributed by atoms with Gasteiger partial charge in [0.1, 0.15) is 5.75 Å². The predicted molar refractivity (Wildman–Crippen MR) is 114 cm³/mol. The molecule has 1 aliphatic heterocycles. The minimum Gasteiger partial charge on any atom is -0.493 e. The Balaban J connectivity index is 1.73. The van der Waals surface area contributed by atoms with Gasteiger partial charge in [0.25, 0.3) is 0 Å². The van der Waals surface area contributed by atoms with Gasteiger partial charge >= 0.3 is 5.56 Å². The Kier molecular flexibility index (Phi) is 5.45. The number of benzene rings is 2. The second-order valence-corrected chi connectivity index (χ2v) is 7.48. The van der Waals surface area contributed by atoms with Crippen molar-refractivity contribution in [3.8, 4) is 11.5 Å². The van der Waals surface area contributed by atoms with Crippen LogP contribution in [0, 0.1) is 6.92 Å². The van der Waals surface area contributed by atoms with E-state index in [1.54, 1.807) is 6.20 Å². The third-order valence-electron chi connectivity index (χ3n) is 4.93. The normalized spacial score (nSPS) is 12.8. The van der Waals surface area contributed by atoms with Gasteiger partial charge in [0, 0.05) is 10.7 Å². The fourth-order valence-corrected chi connectivity index (χ4v) is 3.63. The summed E-state index contributed by atoms with van der Waals surface area (Å²) in [7, 11) is 1.46. The quantitative estimate of drug-likeness (QED) is 0.676. The average Bonchev–Trinajstić information content (AvgIpc) is 2.70. The lowest BCUT2D eigenvalue weighted by Crippen LogP contribution is -2.19. The van der Waals surface area contributed by atoms with E-state index in [0.717, 1.165) is 47.6 Å². The summed E-state index contributed by atoms with van der Waals surface area (Å²) in [6.07, 6.45) is 3.63. The van der Waals surface area contributed by atoms with Crippen molar-refractivity contribution in [1.29, 1.82) is 0 Å². The molecule has 1 aromatic heterocycles. The van der Waals surface area contributed by atoms with Gasteiger partial charge in [0.05, 0.1) is 26.5 Å². The van der Waals surface area contributed by atoms with E-state index in [1.807, 2.05) is 41.8 Å². The van der Waals surface area contributed by atoms with Crippen molar-refractivity contribution >= 4 is 23.2 Å². The second-order valence-electron chi connectivity index (χ2n) is 7.05. The Morgan fingerprint density at radius 2 is 2.17 bits per heavy atom. The number of nitrogens with zero attached hydrogens (tertiary/aromatic N) is 2. The number of ether oxygens (including phenoxy) is 2. The molecule has 2 heterocycles. The highest BCUT2D eigenvalue weighted by molar-refractivity contribution is 6.30. The maximum atomic E-state index is 12.3. The van der Waals surface area contributed by atoms with Crippen LogP contribution in [0.4, 0.5) is 11.6 Å². The molecule has 0 saturated heterocycles. The predicted octanol–water partition coefficient (Wildman–Crippen LogP) is 4.33. The number of rotatable bonds is 5. The van der Waals surface area contributed by atoms with Gasteiger partial charge < -0.3 is 19.4 Å². The van der Waals surface area contributed by atoms with Crippen LogP contribution in [0.25, 0.3) is 0 Å². The summed E-state index contributed by atoms with van der Waals surface area (Å²) in [5.41, 5.74) is 3.64. The fraction of sp³-hybridized carbons (Fsp3) is 0.273. The van der Waals surface area contributed by atoms with E-state index in [2.05, 4.69) is 16.4 Å². The van der Waals surface area contributed by atoms with Crippen LogP contribution in [0.15, 0.2) is 47.4 Å². The fourth-order valence-electron chi connectivity index (χ4n) is 3.42.